The van der Waals surface area contributed by atoms with E-state index >= 15 is 0 Å². The first-order valence-electron chi connectivity index (χ1n) is 7.77. The Morgan fingerprint density at radius 1 is 1.42 bits per heavy atom. The van der Waals surface area contributed by atoms with Gasteiger partial charge in [-0.05, 0) is 52.0 Å². The summed E-state index contributed by atoms with van der Waals surface area (Å²) in [4.78, 5) is 14.4. The van der Waals surface area contributed by atoms with E-state index in [-0.39, 0.29) is 5.91 Å². The van der Waals surface area contributed by atoms with Crippen molar-refractivity contribution < 1.29 is 4.79 Å². The summed E-state index contributed by atoms with van der Waals surface area (Å²) in [5, 5.41) is 3.58. The number of carbonyl (C=O) groups is 1. The molecule has 2 aliphatic rings. The monoisotopic (exact) mass is 267 g/mol. The molecule has 0 heterocycles. The third-order valence-corrected chi connectivity index (χ3v) is 4.71. The Balaban J connectivity index is 2.05. The number of hydrogen-bond acceptors (Lipinski definition) is 3. The van der Waals surface area contributed by atoms with Crippen molar-refractivity contribution >= 4 is 5.91 Å². The van der Waals surface area contributed by atoms with Crippen molar-refractivity contribution in [2.45, 2.75) is 70.0 Å². The van der Waals surface area contributed by atoms with Gasteiger partial charge in [-0.15, -0.1) is 0 Å². The van der Waals surface area contributed by atoms with Gasteiger partial charge in [-0.25, -0.2) is 0 Å². The molecule has 0 aliphatic heterocycles. The highest BCUT2D eigenvalue weighted by atomic mass is 16.1. The fraction of sp³-hybridized carbons (Fsp3) is 0.933. The predicted octanol–water partition coefficient (Wildman–Crippen LogP) is 1.49. The van der Waals surface area contributed by atoms with E-state index in [4.69, 9.17) is 5.73 Å². The highest BCUT2D eigenvalue weighted by Crippen LogP contribution is 2.42. The minimum absolute atomic E-state index is 0.155. The third kappa shape index (κ3) is 3.48. The van der Waals surface area contributed by atoms with Crippen LogP contribution in [0.4, 0.5) is 0 Å². The maximum atomic E-state index is 12.1. The predicted molar refractivity (Wildman–Crippen MR) is 77.8 cm³/mol. The number of nitrogens with zero attached hydrogens (tertiary/aromatic N) is 1. The Labute approximate surface area is 117 Å². The molecule has 3 N–H and O–H groups in total. The van der Waals surface area contributed by atoms with E-state index in [1.54, 1.807) is 0 Å². The molecular weight excluding hydrogens is 238 g/mol. The van der Waals surface area contributed by atoms with E-state index < -0.39 is 5.54 Å². The molecule has 0 aromatic heterocycles. The van der Waals surface area contributed by atoms with Gasteiger partial charge in [0.05, 0.1) is 0 Å². The van der Waals surface area contributed by atoms with Gasteiger partial charge in [0.2, 0.25) is 5.91 Å². The summed E-state index contributed by atoms with van der Waals surface area (Å²) in [6, 6.07) is 1.02. The lowest BCUT2D eigenvalue weighted by Crippen LogP contribution is -2.64. The first kappa shape index (κ1) is 14.8. The molecule has 2 aliphatic carbocycles. The SMILES string of the molecule is CCCC(C)N(C)CC(NC1CC1)(C(N)=O)C1CC1. The summed E-state index contributed by atoms with van der Waals surface area (Å²) in [6.45, 7) is 5.19. The quantitative estimate of drug-likeness (QED) is 0.665. The van der Waals surface area contributed by atoms with Gasteiger partial charge in [0.25, 0.3) is 0 Å². The maximum absolute atomic E-state index is 12.1. The lowest BCUT2D eigenvalue weighted by molar-refractivity contribution is -0.126. The molecule has 4 nitrogen and oxygen atoms in total. The number of nitrogens with two attached hydrogens (primary N) is 1. The molecule has 0 spiro atoms. The Morgan fingerprint density at radius 2 is 2.05 bits per heavy atom. The fourth-order valence-electron chi connectivity index (χ4n) is 3.00. The normalized spacial score (nSPS) is 24.2. The van der Waals surface area contributed by atoms with Crippen molar-refractivity contribution in [3.8, 4) is 0 Å². The topological polar surface area (TPSA) is 58.4 Å². The lowest BCUT2D eigenvalue weighted by atomic mass is 9.90. The van der Waals surface area contributed by atoms with Gasteiger partial charge in [0.1, 0.15) is 5.54 Å². The van der Waals surface area contributed by atoms with Crippen LogP contribution in [0.15, 0.2) is 0 Å². The van der Waals surface area contributed by atoms with Crippen LogP contribution in [0.1, 0.15) is 52.4 Å². The maximum Gasteiger partial charge on any atom is 0.239 e. The van der Waals surface area contributed by atoms with Crippen LogP contribution in [-0.2, 0) is 4.79 Å². The van der Waals surface area contributed by atoms with Crippen molar-refractivity contribution in [1.29, 1.82) is 0 Å². The van der Waals surface area contributed by atoms with Crippen molar-refractivity contribution in [2.24, 2.45) is 11.7 Å². The van der Waals surface area contributed by atoms with Gasteiger partial charge in [0.15, 0.2) is 0 Å². The smallest absolute Gasteiger partial charge is 0.239 e. The molecule has 0 bridgehead atoms. The van der Waals surface area contributed by atoms with Crippen molar-refractivity contribution in [1.82, 2.24) is 10.2 Å². The average molecular weight is 267 g/mol. The van der Waals surface area contributed by atoms with E-state index in [1.807, 2.05) is 0 Å². The largest absolute Gasteiger partial charge is 0.368 e. The number of likely N-dealkylation sites (N-methyl/N-ethyl adjacent to an activating group) is 1. The summed E-state index contributed by atoms with van der Waals surface area (Å²) < 4.78 is 0. The number of rotatable bonds is 9. The zero-order chi connectivity index (χ0) is 14.0. The number of primary amides is 1. The Hall–Kier alpha value is -0.610. The van der Waals surface area contributed by atoms with Crippen molar-refractivity contribution in [2.75, 3.05) is 13.6 Å². The Bertz CT molecular complexity index is 325. The number of amides is 1. The summed E-state index contributed by atoms with van der Waals surface area (Å²) in [5.41, 5.74) is 5.29. The van der Waals surface area contributed by atoms with Gasteiger partial charge in [-0.2, -0.15) is 0 Å². The van der Waals surface area contributed by atoms with Crippen LogP contribution < -0.4 is 11.1 Å². The van der Waals surface area contributed by atoms with Crippen molar-refractivity contribution in [3.05, 3.63) is 0 Å². The highest BCUT2D eigenvalue weighted by Gasteiger charge is 2.52. The molecular formula is C15H29N3O. The van der Waals surface area contributed by atoms with Gasteiger partial charge in [-0.1, -0.05) is 13.3 Å². The zero-order valence-corrected chi connectivity index (χ0v) is 12.6. The summed E-state index contributed by atoms with van der Waals surface area (Å²) in [7, 11) is 2.12. The molecule has 0 radical (unpaired) electrons. The average Bonchev–Trinajstić information content (AvgIpc) is 3.21. The van der Waals surface area contributed by atoms with Gasteiger partial charge in [-0.3, -0.25) is 10.1 Å². The molecule has 4 heteroatoms. The Morgan fingerprint density at radius 3 is 2.47 bits per heavy atom. The van der Waals surface area contributed by atoms with E-state index in [0.29, 0.717) is 18.0 Å². The number of carbonyl (C=O) groups excluding carboxylic acids is 1. The summed E-state index contributed by atoms with van der Waals surface area (Å²) in [5.74, 6) is 0.291. The Kier molecular flexibility index (Phi) is 4.51. The van der Waals surface area contributed by atoms with E-state index in [1.165, 1.54) is 25.7 Å². The van der Waals surface area contributed by atoms with Crippen molar-refractivity contribution in [3.63, 3.8) is 0 Å². The minimum Gasteiger partial charge on any atom is -0.368 e. The summed E-state index contributed by atoms with van der Waals surface area (Å²) >= 11 is 0. The van der Waals surface area contributed by atoms with E-state index in [9.17, 15) is 4.79 Å². The zero-order valence-electron chi connectivity index (χ0n) is 12.6. The van der Waals surface area contributed by atoms with E-state index in [0.717, 1.165) is 19.4 Å². The van der Waals surface area contributed by atoms with E-state index in [2.05, 4.69) is 31.1 Å². The van der Waals surface area contributed by atoms with Gasteiger partial charge in [0, 0.05) is 18.6 Å². The second-order valence-corrected chi connectivity index (χ2v) is 6.58. The van der Waals surface area contributed by atoms with Crippen LogP contribution in [0.5, 0.6) is 0 Å². The lowest BCUT2D eigenvalue weighted by Gasteiger charge is -2.38. The highest BCUT2D eigenvalue weighted by molar-refractivity contribution is 5.86. The van der Waals surface area contributed by atoms with Gasteiger partial charge >= 0.3 is 0 Å². The minimum atomic E-state index is -0.488. The first-order chi connectivity index (χ1) is 8.99. The third-order valence-electron chi connectivity index (χ3n) is 4.71. The molecule has 19 heavy (non-hydrogen) atoms. The molecule has 0 aromatic rings. The van der Waals surface area contributed by atoms with Crippen LogP contribution in [0.25, 0.3) is 0 Å². The summed E-state index contributed by atoms with van der Waals surface area (Å²) in [6.07, 6.45) is 7.00. The molecule has 2 rings (SSSR count). The standard InChI is InChI=1S/C15H29N3O/c1-4-5-11(2)18(3)10-15(14(16)19,12-6-7-12)17-13-8-9-13/h11-13,17H,4-10H2,1-3H3,(H2,16,19). The molecule has 110 valence electrons. The van der Waals surface area contributed by atoms with Crippen LogP contribution >= 0.6 is 0 Å². The molecule has 0 saturated heterocycles. The molecule has 1 amide bonds. The molecule has 2 atom stereocenters. The fourth-order valence-corrected chi connectivity index (χ4v) is 3.00. The molecule has 2 fully saturated rings. The molecule has 2 saturated carbocycles. The number of hydrogen-bond donors (Lipinski definition) is 2. The molecule has 0 aromatic carbocycles. The molecule has 2 unspecified atom stereocenters. The first-order valence-corrected chi connectivity index (χ1v) is 7.77. The second kappa shape index (κ2) is 5.80. The van der Waals surface area contributed by atoms with Crippen LogP contribution in [0.3, 0.4) is 0 Å². The van der Waals surface area contributed by atoms with Crippen LogP contribution in [0, 0.1) is 5.92 Å². The second-order valence-electron chi connectivity index (χ2n) is 6.58. The number of nitrogens with one attached hydrogen (secondary N) is 1. The van der Waals surface area contributed by atoms with Crippen LogP contribution in [0.2, 0.25) is 0 Å². The van der Waals surface area contributed by atoms with Crippen LogP contribution in [-0.4, -0.2) is 42.0 Å². The van der Waals surface area contributed by atoms with Gasteiger partial charge < -0.3 is 10.6 Å².